The van der Waals surface area contributed by atoms with Gasteiger partial charge in [-0.25, -0.2) is 0 Å². The highest BCUT2D eigenvalue weighted by atomic mass is 16.6. The Hall–Kier alpha value is -0.440. The molecule has 4 unspecified atom stereocenters. The van der Waals surface area contributed by atoms with Crippen molar-refractivity contribution in [1.82, 2.24) is 0 Å². The second-order valence-corrected chi connectivity index (χ2v) is 12.2. The van der Waals surface area contributed by atoms with Crippen molar-refractivity contribution in [2.75, 3.05) is 112 Å². The predicted octanol–water partition coefficient (Wildman–Crippen LogP) is 5.62. The second-order valence-electron chi connectivity index (χ2n) is 12.2. The molecule has 47 heavy (non-hydrogen) atoms. The Morgan fingerprint density at radius 1 is 0.340 bits per heavy atom. The summed E-state index contributed by atoms with van der Waals surface area (Å²) in [6.45, 7) is 18.7. The van der Waals surface area contributed by atoms with Crippen LogP contribution in [0.3, 0.4) is 0 Å². The Bertz CT molecular complexity index is 587. The van der Waals surface area contributed by atoms with E-state index in [0.717, 1.165) is 13.0 Å². The maximum atomic E-state index is 8.60. The molecule has 0 saturated carbocycles. The molecule has 0 amide bonds. The van der Waals surface area contributed by atoms with E-state index in [4.69, 9.17) is 52.5 Å². The molecule has 0 aromatic rings. The zero-order chi connectivity index (χ0) is 34.5. The molecule has 0 spiro atoms. The molecule has 0 aliphatic heterocycles. The Morgan fingerprint density at radius 3 is 1.11 bits per heavy atom. The SMILES string of the molecule is CCCCCCCCCCCCOCC(C)OCC(C)OCC(C)OCC(C)OCCOCCOCCOCCOCCOCCO. The molecule has 0 aliphatic rings. The fraction of sp³-hybridized carbons (Fsp3) is 1.00. The molecule has 0 heterocycles. The van der Waals surface area contributed by atoms with E-state index in [-0.39, 0.29) is 31.0 Å². The largest absolute Gasteiger partial charge is 0.394 e. The van der Waals surface area contributed by atoms with E-state index in [1.165, 1.54) is 57.8 Å². The Balaban J connectivity index is 3.45. The van der Waals surface area contributed by atoms with Gasteiger partial charge in [-0.3, -0.25) is 0 Å². The summed E-state index contributed by atoms with van der Waals surface area (Å²) in [5, 5.41) is 8.60. The third kappa shape index (κ3) is 38.2. The summed E-state index contributed by atoms with van der Waals surface area (Å²) in [6, 6.07) is 0. The third-order valence-corrected chi connectivity index (χ3v) is 7.19. The van der Waals surface area contributed by atoms with Crippen LogP contribution in [0.2, 0.25) is 0 Å². The number of aliphatic hydroxyl groups is 1. The number of ether oxygens (including phenoxy) is 10. The Labute approximate surface area is 287 Å². The Kier molecular flexibility index (Phi) is 38.0. The van der Waals surface area contributed by atoms with Gasteiger partial charge in [0.05, 0.1) is 130 Å². The van der Waals surface area contributed by atoms with Gasteiger partial charge in [0.15, 0.2) is 0 Å². The molecule has 4 atom stereocenters. The van der Waals surface area contributed by atoms with Gasteiger partial charge in [-0.1, -0.05) is 64.7 Å². The van der Waals surface area contributed by atoms with Crippen LogP contribution < -0.4 is 0 Å². The molecular formula is C36H74O11. The van der Waals surface area contributed by atoms with E-state index < -0.39 is 0 Å². The zero-order valence-corrected chi connectivity index (χ0v) is 30.9. The lowest BCUT2D eigenvalue weighted by atomic mass is 10.1. The van der Waals surface area contributed by atoms with Crippen molar-refractivity contribution in [3.05, 3.63) is 0 Å². The number of aliphatic hydroxyl groups excluding tert-OH is 1. The lowest BCUT2D eigenvalue weighted by Crippen LogP contribution is -2.28. The van der Waals surface area contributed by atoms with E-state index in [0.29, 0.717) is 99.1 Å². The van der Waals surface area contributed by atoms with Gasteiger partial charge in [0, 0.05) is 6.61 Å². The van der Waals surface area contributed by atoms with Crippen LogP contribution in [0.1, 0.15) is 98.8 Å². The maximum absolute atomic E-state index is 8.60. The quantitative estimate of drug-likeness (QED) is 0.0813. The van der Waals surface area contributed by atoms with Gasteiger partial charge in [0.25, 0.3) is 0 Å². The lowest BCUT2D eigenvalue weighted by molar-refractivity contribution is -0.0951. The first-order chi connectivity index (χ1) is 23.0. The van der Waals surface area contributed by atoms with Crippen LogP contribution in [0.5, 0.6) is 0 Å². The standard InChI is InChI=1S/C36H74O11/c1-6-7-8-9-10-11-12-13-14-15-17-43-29-33(2)45-31-35(4)47-32-36(5)46-30-34(3)44-28-27-42-26-25-41-24-23-40-22-21-39-20-19-38-18-16-37/h33-37H,6-32H2,1-5H3. The number of hydrogen-bond acceptors (Lipinski definition) is 11. The van der Waals surface area contributed by atoms with Crippen LogP contribution in [-0.4, -0.2) is 142 Å². The fourth-order valence-electron chi connectivity index (χ4n) is 4.39. The van der Waals surface area contributed by atoms with Crippen LogP contribution in [0.4, 0.5) is 0 Å². The summed E-state index contributed by atoms with van der Waals surface area (Å²) < 4.78 is 56.2. The molecule has 0 fully saturated rings. The number of rotatable bonds is 40. The normalized spacial score (nSPS) is 14.4. The second kappa shape index (κ2) is 38.4. The van der Waals surface area contributed by atoms with Crippen molar-refractivity contribution in [1.29, 1.82) is 0 Å². The summed E-state index contributed by atoms with van der Waals surface area (Å²) in [4.78, 5) is 0. The minimum atomic E-state index is -0.0350. The maximum Gasteiger partial charge on any atom is 0.0781 e. The van der Waals surface area contributed by atoms with Gasteiger partial charge in [0.2, 0.25) is 0 Å². The van der Waals surface area contributed by atoms with Gasteiger partial charge in [-0.2, -0.15) is 0 Å². The molecule has 11 heteroatoms. The monoisotopic (exact) mass is 683 g/mol. The molecule has 0 saturated heterocycles. The zero-order valence-electron chi connectivity index (χ0n) is 30.9. The first-order valence-electron chi connectivity index (χ1n) is 18.5. The summed E-state index contributed by atoms with van der Waals surface area (Å²) in [7, 11) is 0. The third-order valence-electron chi connectivity index (χ3n) is 7.19. The van der Waals surface area contributed by atoms with Crippen molar-refractivity contribution in [2.45, 2.75) is 123 Å². The number of unbranched alkanes of at least 4 members (excludes halogenated alkanes) is 9. The first-order valence-corrected chi connectivity index (χ1v) is 18.5. The van der Waals surface area contributed by atoms with Gasteiger partial charge in [0.1, 0.15) is 0 Å². The van der Waals surface area contributed by atoms with E-state index >= 15 is 0 Å². The molecule has 0 aromatic carbocycles. The topological polar surface area (TPSA) is 113 Å². The van der Waals surface area contributed by atoms with Crippen molar-refractivity contribution in [3.63, 3.8) is 0 Å². The van der Waals surface area contributed by atoms with Crippen LogP contribution in [-0.2, 0) is 47.4 Å². The highest BCUT2D eigenvalue weighted by molar-refractivity contribution is 4.57. The molecule has 0 aliphatic carbocycles. The van der Waals surface area contributed by atoms with E-state index in [9.17, 15) is 0 Å². The van der Waals surface area contributed by atoms with Gasteiger partial charge >= 0.3 is 0 Å². The molecule has 0 rings (SSSR count). The van der Waals surface area contributed by atoms with Crippen molar-refractivity contribution in [2.24, 2.45) is 0 Å². The van der Waals surface area contributed by atoms with Crippen molar-refractivity contribution < 1.29 is 52.5 Å². The average molecular weight is 683 g/mol. The summed E-state index contributed by atoms with van der Waals surface area (Å²) in [6.07, 6.45) is 13.3. The predicted molar refractivity (Wildman–Crippen MR) is 185 cm³/mol. The smallest absolute Gasteiger partial charge is 0.0781 e. The molecule has 284 valence electrons. The van der Waals surface area contributed by atoms with Crippen LogP contribution in [0.25, 0.3) is 0 Å². The molecule has 0 bridgehead atoms. The lowest BCUT2D eigenvalue weighted by Gasteiger charge is -2.21. The first kappa shape index (κ1) is 46.6. The molecule has 0 aromatic heterocycles. The van der Waals surface area contributed by atoms with Crippen LogP contribution in [0.15, 0.2) is 0 Å². The summed E-state index contributed by atoms with van der Waals surface area (Å²) in [5.74, 6) is 0. The summed E-state index contributed by atoms with van der Waals surface area (Å²) in [5.41, 5.74) is 0. The minimum absolute atomic E-state index is 0.0122. The van der Waals surface area contributed by atoms with E-state index in [2.05, 4.69) is 13.8 Å². The Morgan fingerprint density at radius 2 is 0.681 bits per heavy atom. The minimum Gasteiger partial charge on any atom is -0.394 e. The van der Waals surface area contributed by atoms with Crippen LogP contribution >= 0.6 is 0 Å². The van der Waals surface area contributed by atoms with E-state index in [1.807, 2.05) is 20.8 Å². The fourth-order valence-corrected chi connectivity index (χ4v) is 4.39. The molecule has 11 nitrogen and oxygen atoms in total. The molecule has 0 radical (unpaired) electrons. The highest BCUT2D eigenvalue weighted by Crippen LogP contribution is 2.10. The average Bonchev–Trinajstić information content (AvgIpc) is 3.07. The van der Waals surface area contributed by atoms with Gasteiger partial charge in [-0.15, -0.1) is 0 Å². The highest BCUT2D eigenvalue weighted by Gasteiger charge is 2.12. The van der Waals surface area contributed by atoms with E-state index in [1.54, 1.807) is 0 Å². The van der Waals surface area contributed by atoms with Crippen molar-refractivity contribution in [3.8, 4) is 0 Å². The van der Waals surface area contributed by atoms with Crippen molar-refractivity contribution >= 4 is 0 Å². The molecular weight excluding hydrogens is 608 g/mol. The summed E-state index contributed by atoms with van der Waals surface area (Å²) >= 11 is 0. The number of hydrogen-bond donors (Lipinski definition) is 1. The van der Waals surface area contributed by atoms with Gasteiger partial charge in [-0.05, 0) is 34.1 Å². The van der Waals surface area contributed by atoms with Crippen LogP contribution in [0, 0.1) is 0 Å². The van der Waals surface area contributed by atoms with Gasteiger partial charge < -0.3 is 52.5 Å². The molecule has 1 N–H and O–H groups in total.